The summed E-state index contributed by atoms with van der Waals surface area (Å²) >= 11 is 0. The monoisotopic (exact) mass is 423 g/mol. The highest BCUT2D eigenvalue weighted by atomic mass is 19.1. The van der Waals surface area contributed by atoms with Crippen molar-refractivity contribution in [2.45, 2.75) is 57.5 Å². The zero-order chi connectivity index (χ0) is 22.0. The third-order valence-electron chi connectivity index (χ3n) is 6.07. The highest BCUT2D eigenvalue weighted by Crippen LogP contribution is 2.36. The molecule has 2 aromatic heterocycles. The van der Waals surface area contributed by atoms with Crippen molar-refractivity contribution in [3.8, 4) is 0 Å². The minimum absolute atomic E-state index is 0.0239. The molecule has 1 amide bonds. The number of nitrogens with zero attached hydrogens (tertiary/aromatic N) is 2. The number of carbonyl (C=O) groups excluding carboxylic acids is 1. The first-order valence-corrected chi connectivity index (χ1v) is 10.7. The van der Waals surface area contributed by atoms with Crippen molar-refractivity contribution in [1.82, 2.24) is 14.9 Å². The SMILES string of the molecule is CCC(C(=O)O)n1c2c(c3cc(F)ccc31)C[C@@H](NC(=O)CCc1cccnc1)CC2. The Labute approximate surface area is 180 Å². The molecule has 2 heterocycles. The fraction of sp³-hybridized carbons (Fsp3) is 0.375. The molecule has 7 heteroatoms. The molecule has 0 spiro atoms. The van der Waals surface area contributed by atoms with Crippen LogP contribution in [0.3, 0.4) is 0 Å². The van der Waals surface area contributed by atoms with E-state index >= 15 is 0 Å². The number of aromatic nitrogens is 2. The number of rotatable bonds is 7. The molecule has 3 aromatic rings. The second kappa shape index (κ2) is 8.88. The predicted molar refractivity (Wildman–Crippen MR) is 115 cm³/mol. The van der Waals surface area contributed by atoms with E-state index < -0.39 is 12.0 Å². The number of fused-ring (bicyclic) bond motifs is 3. The fourth-order valence-electron chi connectivity index (χ4n) is 4.62. The Morgan fingerprint density at radius 3 is 2.90 bits per heavy atom. The van der Waals surface area contributed by atoms with Gasteiger partial charge in [-0.3, -0.25) is 9.78 Å². The first-order chi connectivity index (χ1) is 15.0. The number of hydrogen-bond donors (Lipinski definition) is 2. The standard InChI is InChI=1S/C24H26FN3O3/c1-2-20(24(30)31)28-21-8-6-16(25)12-18(21)19-13-17(7-9-22(19)28)27-23(29)10-5-15-4-3-11-26-14-15/h3-4,6,8,11-12,14,17,20H,2,5,7,9-10,13H2,1H3,(H,27,29)(H,30,31)/t17-,20?/m0/s1. The Hall–Kier alpha value is -3.22. The van der Waals surface area contributed by atoms with Gasteiger partial charge in [-0.1, -0.05) is 13.0 Å². The Balaban J connectivity index is 1.56. The summed E-state index contributed by atoms with van der Waals surface area (Å²) in [4.78, 5) is 28.4. The lowest BCUT2D eigenvalue weighted by Crippen LogP contribution is -2.39. The molecule has 0 saturated heterocycles. The number of hydrogen-bond acceptors (Lipinski definition) is 3. The minimum Gasteiger partial charge on any atom is -0.480 e. The number of carbonyl (C=O) groups is 2. The van der Waals surface area contributed by atoms with E-state index in [1.54, 1.807) is 18.5 Å². The Morgan fingerprint density at radius 1 is 1.35 bits per heavy atom. The molecule has 1 aromatic carbocycles. The Bertz CT molecular complexity index is 1110. The molecule has 1 unspecified atom stereocenters. The quantitative estimate of drug-likeness (QED) is 0.605. The topological polar surface area (TPSA) is 84.2 Å². The largest absolute Gasteiger partial charge is 0.480 e. The molecule has 1 aliphatic carbocycles. The Kier molecular flexibility index (Phi) is 6.02. The van der Waals surface area contributed by atoms with Crippen LogP contribution < -0.4 is 5.32 Å². The van der Waals surface area contributed by atoms with E-state index in [0.29, 0.717) is 32.1 Å². The number of carboxylic acids is 1. The maximum absolute atomic E-state index is 14.0. The van der Waals surface area contributed by atoms with Crippen LogP contribution in [-0.2, 0) is 28.9 Å². The lowest BCUT2D eigenvalue weighted by atomic mass is 9.91. The van der Waals surface area contributed by atoms with Crippen molar-refractivity contribution < 1.29 is 19.1 Å². The average Bonchev–Trinajstić information content (AvgIpc) is 3.06. The van der Waals surface area contributed by atoms with E-state index in [1.165, 1.54) is 12.1 Å². The second-order valence-electron chi connectivity index (χ2n) is 8.09. The van der Waals surface area contributed by atoms with Crippen molar-refractivity contribution in [2.75, 3.05) is 0 Å². The lowest BCUT2D eigenvalue weighted by molar-refractivity contribution is -0.141. The molecule has 0 aliphatic heterocycles. The molecule has 2 atom stereocenters. The van der Waals surface area contributed by atoms with Gasteiger partial charge in [0, 0.05) is 41.5 Å². The van der Waals surface area contributed by atoms with Gasteiger partial charge in [0.25, 0.3) is 0 Å². The zero-order valence-corrected chi connectivity index (χ0v) is 17.5. The molecule has 6 nitrogen and oxygen atoms in total. The number of nitrogens with one attached hydrogen (secondary N) is 1. The predicted octanol–water partition coefficient (Wildman–Crippen LogP) is 3.82. The van der Waals surface area contributed by atoms with Gasteiger partial charge in [0.2, 0.25) is 5.91 Å². The van der Waals surface area contributed by atoms with Gasteiger partial charge in [0.05, 0.1) is 0 Å². The first kappa shape index (κ1) is 21.0. The summed E-state index contributed by atoms with van der Waals surface area (Å²) in [5, 5.41) is 13.6. The van der Waals surface area contributed by atoms with Gasteiger partial charge < -0.3 is 15.0 Å². The molecule has 0 fully saturated rings. The van der Waals surface area contributed by atoms with Crippen LogP contribution in [0.5, 0.6) is 0 Å². The number of aryl methyl sites for hydroxylation is 1. The summed E-state index contributed by atoms with van der Waals surface area (Å²) in [6, 6.07) is 7.57. The highest BCUT2D eigenvalue weighted by molar-refractivity contribution is 5.88. The lowest BCUT2D eigenvalue weighted by Gasteiger charge is -2.26. The van der Waals surface area contributed by atoms with Gasteiger partial charge >= 0.3 is 5.97 Å². The van der Waals surface area contributed by atoms with Crippen molar-refractivity contribution in [1.29, 1.82) is 0 Å². The van der Waals surface area contributed by atoms with Crippen molar-refractivity contribution in [2.24, 2.45) is 0 Å². The fourth-order valence-corrected chi connectivity index (χ4v) is 4.62. The molecule has 0 radical (unpaired) electrons. The molecule has 4 rings (SSSR count). The van der Waals surface area contributed by atoms with Crippen LogP contribution in [-0.4, -0.2) is 32.6 Å². The maximum atomic E-state index is 14.0. The van der Waals surface area contributed by atoms with Crippen LogP contribution in [0.4, 0.5) is 4.39 Å². The molecular formula is C24H26FN3O3. The molecule has 31 heavy (non-hydrogen) atoms. The van der Waals surface area contributed by atoms with Crippen LogP contribution in [0, 0.1) is 5.82 Å². The van der Waals surface area contributed by atoms with Gasteiger partial charge in [-0.05, 0) is 67.5 Å². The minimum atomic E-state index is -0.891. The highest BCUT2D eigenvalue weighted by Gasteiger charge is 2.30. The third-order valence-corrected chi connectivity index (χ3v) is 6.07. The van der Waals surface area contributed by atoms with E-state index in [2.05, 4.69) is 10.3 Å². The molecule has 162 valence electrons. The number of benzene rings is 1. The van der Waals surface area contributed by atoms with E-state index in [4.69, 9.17) is 0 Å². The summed E-state index contributed by atoms with van der Waals surface area (Å²) in [7, 11) is 0. The first-order valence-electron chi connectivity index (χ1n) is 10.7. The summed E-state index contributed by atoms with van der Waals surface area (Å²) in [6.07, 6.45) is 6.84. The van der Waals surface area contributed by atoms with Crippen molar-refractivity contribution >= 4 is 22.8 Å². The van der Waals surface area contributed by atoms with Crippen LogP contribution in [0.2, 0.25) is 0 Å². The number of amides is 1. The van der Waals surface area contributed by atoms with Gasteiger partial charge in [-0.25, -0.2) is 9.18 Å². The van der Waals surface area contributed by atoms with Gasteiger partial charge in [0.15, 0.2) is 0 Å². The molecule has 0 saturated carbocycles. The summed E-state index contributed by atoms with van der Waals surface area (Å²) in [6.45, 7) is 1.84. The van der Waals surface area contributed by atoms with Gasteiger partial charge in [-0.15, -0.1) is 0 Å². The molecule has 2 N–H and O–H groups in total. The van der Waals surface area contributed by atoms with E-state index in [9.17, 15) is 19.1 Å². The number of aliphatic carboxylic acids is 1. The van der Waals surface area contributed by atoms with Crippen molar-refractivity contribution in [3.63, 3.8) is 0 Å². The zero-order valence-electron chi connectivity index (χ0n) is 17.5. The van der Waals surface area contributed by atoms with E-state index in [0.717, 1.165) is 34.1 Å². The number of pyridine rings is 1. The van der Waals surface area contributed by atoms with Gasteiger partial charge in [0.1, 0.15) is 11.9 Å². The summed E-state index contributed by atoms with van der Waals surface area (Å²) in [5.41, 5.74) is 3.64. The normalized spacial score (nSPS) is 16.6. The van der Waals surface area contributed by atoms with Crippen LogP contribution >= 0.6 is 0 Å². The summed E-state index contributed by atoms with van der Waals surface area (Å²) in [5.74, 6) is -1.26. The third kappa shape index (κ3) is 4.31. The maximum Gasteiger partial charge on any atom is 0.326 e. The van der Waals surface area contributed by atoms with Gasteiger partial charge in [-0.2, -0.15) is 0 Å². The van der Waals surface area contributed by atoms with E-state index in [1.807, 2.05) is 23.6 Å². The number of carboxylic acid groups (broad SMARTS) is 1. The van der Waals surface area contributed by atoms with Crippen LogP contribution in [0.1, 0.15) is 49.0 Å². The average molecular weight is 423 g/mol. The van der Waals surface area contributed by atoms with Crippen LogP contribution in [0.25, 0.3) is 10.9 Å². The molecule has 0 bridgehead atoms. The summed E-state index contributed by atoms with van der Waals surface area (Å²) < 4.78 is 15.9. The van der Waals surface area contributed by atoms with Crippen LogP contribution in [0.15, 0.2) is 42.7 Å². The Morgan fingerprint density at radius 2 is 2.19 bits per heavy atom. The number of halogens is 1. The smallest absolute Gasteiger partial charge is 0.326 e. The second-order valence-corrected chi connectivity index (χ2v) is 8.09. The molecular weight excluding hydrogens is 397 g/mol. The molecule has 1 aliphatic rings. The van der Waals surface area contributed by atoms with Crippen molar-refractivity contribution in [3.05, 3.63) is 65.4 Å². The van der Waals surface area contributed by atoms with E-state index in [-0.39, 0.29) is 17.8 Å².